The van der Waals surface area contributed by atoms with E-state index in [1.807, 2.05) is 30.3 Å². The predicted octanol–water partition coefficient (Wildman–Crippen LogP) is 4.16. The van der Waals surface area contributed by atoms with Crippen LogP contribution >= 0.6 is 0 Å². The zero-order valence-corrected chi connectivity index (χ0v) is 14.1. The van der Waals surface area contributed by atoms with Crippen molar-refractivity contribution in [2.24, 2.45) is 0 Å². The molecular weight excluding hydrogens is 334 g/mol. The SMILES string of the molecule is CCOC(=O)c1ccc(NC(=O)Nc2cc(-c3ccccc3)on2)cc1. The van der Waals surface area contributed by atoms with Gasteiger partial charge in [-0.1, -0.05) is 35.5 Å². The highest BCUT2D eigenvalue weighted by Gasteiger charge is 2.10. The topological polar surface area (TPSA) is 93.5 Å². The lowest BCUT2D eigenvalue weighted by molar-refractivity contribution is 0.0526. The summed E-state index contributed by atoms with van der Waals surface area (Å²) < 4.78 is 10.1. The number of carbonyl (C=O) groups excluding carboxylic acids is 2. The van der Waals surface area contributed by atoms with Crippen molar-refractivity contribution in [1.29, 1.82) is 0 Å². The summed E-state index contributed by atoms with van der Waals surface area (Å²) in [7, 11) is 0. The Hall–Kier alpha value is -3.61. The third-order valence-electron chi connectivity index (χ3n) is 3.46. The van der Waals surface area contributed by atoms with Crippen LogP contribution in [0.25, 0.3) is 11.3 Å². The van der Waals surface area contributed by atoms with Gasteiger partial charge in [0.2, 0.25) is 0 Å². The van der Waals surface area contributed by atoms with Crippen molar-refractivity contribution >= 4 is 23.5 Å². The van der Waals surface area contributed by atoms with Crippen LogP contribution in [0.15, 0.2) is 65.2 Å². The van der Waals surface area contributed by atoms with E-state index >= 15 is 0 Å². The first-order valence-corrected chi connectivity index (χ1v) is 8.03. The van der Waals surface area contributed by atoms with Gasteiger partial charge in [-0.15, -0.1) is 0 Å². The van der Waals surface area contributed by atoms with Crippen LogP contribution in [-0.2, 0) is 4.74 Å². The van der Waals surface area contributed by atoms with Gasteiger partial charge in [-0.05, 0) is 31.2 Å². The molecule has 2 N–H and O–H groups in total. The van der Waals surface area contributed by atoms with Crippen molar-refractivity contribution in [2.45, 2.75) is 6.92 Å². The summed E-state index contributed by atoms with van der Waals surface area (Å²) in [5.74, 6) is 0.448. The molecule has 7 heteroatoms. The minimum Gasteiger partial charge on any atom is -0.462 e. The molecule has 0 atom stereocenters. The summed E-state index contributed by atoms with van der Waals surface area (Å²) in [5.41, 5.74) is 1.81. The number of carbonyl (C=O) groups is 2. The lowest BCUT2D eigenvalue weighted by Gasteiger charge is -2.06. The first-order chi connectivity index (χ1) is 12.7. The molecule has 0 saturated carbocycles. The molecule has 7 nitrogen and oxygen atoms in total. The van der Waals surface area contributed by atoms with E-state index in [1.54, 1.807) is 37.3 Å². The first kappa shape index (κ1) is 17.2. The van der Waals surface area contributed by atoms with Crippen molar-refractivity contribution in [3.05, 3.63) is 66.2 Å². The number of ether oxygens (including phenoxy) is 1. The molecule has 0 radical (unpaired) electrons. The summed E-state index contributed by atoms with van der Waals surface area (Å²) in [5, 5.41) is 9.07. The van der Waals surface area contributed by atoms with Crippen LogP contribution in [0.1, 0.15) is 17.3 Å². The normalized spacial score (nSPS) is 10.2. The predicted molar refractivity (Wildman–Crippen MR) is 97.0 cm³/mol. The zero-order valence-electron chi connectivity index (χ0n) is 14.1. The quantitative estimate of drug-likeness (QED) is 0.673. The molecule has 0 unspecified atom stereocenters. The average Bonchev–Trinajstić information content (AvgIpc) is 3.11. The fraction of sp³-hybridized carbons (Fsp3) is 0.105. The molecule has 3 aromatic rings. The highest BCUT2D eigenvalue weighted by Crippen LogP contribution is 2.22. The van der Waals surface area contributed by atoms with Gasteiger partial charge in [0.1, 0.15) is 0 Å². The number of hydrogen-bond acceptors (Lipinski definition) is 5. The molecule has 0 aliphatic carbocycles. The average molecular weight is 351 g/mol. The van der Waals surface area contributed by atoms with Crippen LogP contribution in [0.2, 0.25) is 0 Å². The largest absolute Gasteiger partial charge is 0.462 e. The van der Waals surface area contributed by atoms with E-state index in [0.717, 1.165) is 5.56 Å². The Labute approximate surface area is 150 Å². The minimum atomic E-state index is -0.471. The van der Waals surface area contributed by atoms with E-state index in [9.17, 15) is 9.59 Å². The number of nitrogens with zero attached hydrogens (tertiary/aromatic N) is 1. The molecule has 0 aliphatic rings. The number of aromatic nitrogens is 1. The van der Waals surface area contributed by atoms with Crippen molar-refractivity contribution in [2.75, 3.05) is 17.2 Å². The first-order valence-electron chi connectivity index (χ1n) is 8.03. The van der Waals surface area contributed by atoms with Gasteiger partial charge < -0.3 is 14.6 Å². The van der Waals surface area contributed by atoms with Gasteiger partial charge in [-0.2, -0.15) is 0 Å². The van der Waals surface area contributed by atoms with E-state index in [0.29, 0.717) is 29.4 Å². The van der Waals surface area contributed by atoms with E-state index < -0.39 is 12.0 Å². The van der Waals surface area contributed by atoms with Crippen LogP contribution in [0.5, 0.6) is 0 Å². The van der Waals surface area contributed by atoms with Crippen LogP contribution in [0, 0.1) is 0 Å². The fourth-order valence-corrected chi connectivity index (χ4v) is 2.26. The van der Waals surface area contributed by atoms with Gasteiger partial charge >= 0.3 is 12.0 Å². The van der Waals surface area contributed by atoms with Gasteiger partial charge in [0.15, 0.2) is 11.6 Å². The maximum Gasteiger partial charge on any atom is 0.338 e. The number of hydrogen-bond donors (Lipinski definition) is 2. The summed E-state index contributed by atoms with van der Waals surface area (Å²) >= 11 is 0. The summed E-state index contributed by atoms with van der Waals surface area (Å²) in [6.07, 6.45) is 0. The lowest BCUT2D eigenvalue weighted by atomic mass is 10.2. The molecule has 1 heterocycles. The van der Waals surface area contributed by atoms with Crippen molar-refractivity contribution < 1.29 is 18.8 Å². The number of benzene rings is 2. The van der Waals surface area contributed by atoms with Gasteiger partial charge in [-0.25, -0.2) is 9.59 Å². The van der Waals surface area contributed by atoms with Gasteiger partial charge in [0.25, 0.3) is 0 Å². The number of nitrogens with one attached hydrogen (secondary N) is 2. The molecule has 132 valence electrons. The molecule has 2 amide bonds. The highest BCUT2D eigenvalue weighted by atomic mass is 16.5. The van der Waals surface area contributed by atoms with Crippen LogP contribution in [0.4, 0.5) is 16.3 Å². The van der Waals surface area contributed by atoms with Gasteiger partial charge in [0, 0.05) is 17.3 Å². The van der Waals surface area contributed by atoms with Gasteiger partial charge in [-0.3, -0.25) is 5.32 Å². The van der Waals surface area contributed by atoms with Crippen molar-refractivity contribution in [3.8, 4) is 11.3 Å². The smallest absolute Gasteiger partial charge is 0.338 e. The molecule has 0 saturated heterocycles. The van der Waals surface area contributed by atoms with Gasteiger partial charge in [0.05, 0.1) is 12.2 Å². The minimum absolute atomic E-state index is 0.296. The standard InChI is InChI=1S/C19H17N3O4/c1-2-25-18(23)14-8-10-15(11-9-14)20-19(24)21-17-12-16(26-22-17)13-6-4-3-5-7-13/h3-12H,2H2,1H3,(H2,20,21,22,24). The second-order valence-corrected chi connectivity index (χ2v) is 5.32. The Bertz CT molecular complexity index is 889. The Morgan fingerprint density at radius 1 is 1.04 bits per heavy atom. The Kier molecular flexibility index (Phi) is 5.28. The Morgan fingerprint density at radius 2 is 1.77 bits per heavy atom. The molecular formula is C19H17N3O4. The lowest BCUT2D eigenvalue weighted by Crippen LogP contribution is -2.19. The molecule has 1 aromatic heterocycles. The second kappa shape index (κ2) is 7.98. The summed E-state index contributed by atoms with van der Waals surface area (Å²) in [6.45, 7) is 2.05. The van der Waals surface area contributed by atoms with Crippen molar-refractivity contribution in [1.82, 2.24) is 5.16 Å². The number of rotatable bonds is 5. The summed E-state index contributed by atoms with van der Waals surface area (Å²) in [6, 6.07) is 17.0. The zero-order chi connectivity index (χ0) is 18.4. The van der Waals surface area contributed by atoms with Crippen LogP contribution in [0.3, 0.4) is 0 Å². The van der Waals surface area contributed by atoms with Crippen molar-refractivity contribution in [3.63, 3.8) is 0 Å². The third-order valence-corrected chi connectivity index (χ3v) is 3.46. The molecule has 0 aliphatic heterocycles. The number of anilines is 2. The fourth-order valence-electron chi connectivity index (χ4n) is 2.26. The molecule has 0 fully saturated rings. The monoisotopic (exact) mass is 351 g/mol. The molecule has 26 heavy (non-hydrogen) atoms. The number of urea groups is 1. The molecule has 3 rings (SSSR count). The van der Waals surface area contributed by atoms with Crippen LogP contribution in [-0.4, -0.2) is 23.8 Å². The number of esters is 1. The van der Waals surface area contributed by atoms with E-state index in [-0.39, 0.29) is 0 Å². The highest BCUT2D eigenvalue weighted by molar-refractivity contribution is 5.99. The maximum absolute atomic E-state index is 12.1. The van der Waals surface area contributed by atoms with Crippen LogP contribution < -0.4 is 10.6 Å². The second-order valence-electron chi connectivity index (χ2n) is 5.32. The van der Waals surface area contributed by atoms with E-state index in [1.165, 1.54) is 0 Å². The Balaban J connectivity index is 1.59. The van der Waals surface area contributed by atoms with E-state index in [2.05, 4.69) is 15.8 Å². The summed E-state index contributed by atoms with van der Waals surface area (Å²) in [4.78, 5) is 23.7. The third kappa shape index (κ3) is 4.27. The molecule has 0 bridgehead atoms. The number of amides is 2. The molecule has 2 aromatic carbocycles. The molecule has 0 spiro atoms. The Morgan fingerprint density at radius 3 is 2.46 bits per heavy atom. The maximum atomic E-state index is 12.1. The van der Waals surface area contributed by atoms with E-state index in [4.69, 9.17) is 9.26 Å².